The molecule has 1 aliphatic rings. The number of benzene rings is 2. The van der Waals surface area contributed by atoms with E-state index in [1.54, 1.807) is 13.2 Å². The first-order valence-corrected chi connectivity index (χ1v) is 7.73. The zero-order valence-electron chi connectivity index (χ0n) is 11.3. The van der Waals surface area contributed by atoms with Gasteiger partial charge in [-0.25, -0.2) is 0 Å². The van der Waals surface area contributed by atoms with Crippen molar-refractivity contribution in [3.8, 4) is 11.5 Å². The van der Waals surface area contributed by atoms with Gasteiger partial charge >= 0.3 is 0 Å². The molecule has 1 N–H and O–H groups in total. The zero-order valence-corrected chi connectivity index (χ0v) is 13.7. The normalized spacial score (nSPS) is 20.6. The second-order valence-corrected chi connectivity index (χ2v) is 6.25. The summed E-state index contributed by atoms with van der Waals surface area (Å²) in [6.07, 6.45) is -0.384. The molecule has 0 aromatic heterocycles. The molecule has 0 saturated carbocycles. The standard InChI is InChI=1S/C16H14BrClO3/c1-20-10-3-5-12-14(19)8-16(21-15(12)7-10)11-4-2-9(17)6-13(11)18/h2-7,14,16,19H,8H2,1H3/t14-,16?/m0/s1. The Kier molecular flexibility index (Phi) is 4.11. The van der Waals surface area contributed by atoms with Gasteiger partial charge in [-0.05, 0) is 24.3 Å². The Bertz CT molecular complexity index is 675. The number of hydrogen-bond acceptors (Lipinski definition) is 3. The summed E-state index contributed by atoms with van der Waals surface area (Å²) in [6, 6.07) is 11.1. The van der Waals surface area contributed by atoms with Crippen LogP contribution >= 0.6 is 27.5 Å². The first-order valence-electron chi connectivity index (χ1n) is 6.56. The number of hydrogen-bond donors (Lipinski definition) is 1. The van der Waals surface area contributed by atoms with E-state index in [0.717, 1.165) is 15.6 Å². The summed E-state index contributed by atoms with van der Waals surface area (Å²) < 4.78 is 12.1. The summed E-state index contributed by atoms with van der Waals surface area (Å²) in [4.78, 5) is 0. The van der Waals surface area contributed by atoms with Crippen LogP contribution in [0.2, 0.25) is 5.02 Å². The Morgan fingerprint density at radius 1 is 1.24 bits per heavy atom. The lowest BCUT2D eigenvalue weighted by Crippen LogP contribution is -2.19. The monoisotopic (exact) mass is 368 g/mol. The SMILES string of the molecule is COc1ccc2c(c1)OC(c1ccc(Br)cc1Cl)C[C@@H]2O. The van der Waals surface area contributed by atoms with Crippen LogP contribution in [0.25, 0.3) is 0 Å². The van der Waals surface area contributed by atoms with Crippen LogP contribution in [0.4, 0.5) is 0 Å². The molecule has 0 saturated heterocycles. The second-order valence-electron chi connectivity index (χ2n) is 4.93. The molecule has 5 heteroatoms. The lowest BCUT2D eigenvalue weighted by molar-refractivity contribution is 0.0655. The maximum absolute atomic E-state index is 10.3. The van der Waals surface area contributed by atoms with Crippen molar-refractivity contribution in [1.29, 1.82) is 0 Å². The Labute approximate surface area is 136 Å². The van der Waals surface area contributed by atoms with E-state index in [4.69, 9.17) is 21.1 Å². The summed E-state index contributed by atoms with van der Waals surface area (Å²) >= 11 is 9.67. The molecule has 2 atom stereocenters. The molecule has 0 spiro atoms. The fourth-order valence-electron chi connectivity index (χ4n) is 2.50. The predicted octanol–water partition coefficient (Wildman–Crippen LogP) is 4.67. The molecule has 1 unspecified atom stereocenters. The summed E-state index contributed by atoms with van der Waals surface area (Å²) in [5, 5.41) is 10.9. The fourth-order valence-corrected chi connectivity index (χ4v) is 3.30. The third kappa shape index (κ3) is 2.89. The van der Waals surface area contributed by atoms with Crippen LogP contribution in [0, 0.1) is 0 Å². The number of rotatable bonds is 2. The molecule has 3 nitrogen and oxygen atoms in total. The highest BCUT2D eigenvalue weighted by molar-refractivity contribution is 9.10. The summed E-state index contributed by atoms with van der Waals surface area (Å²) in [5.41, 5.74) is 1.65. The van der Waals surface area contributed by atoms with E-state index in [9.17, 15) is 5.11 Å². The van der Waals surface area contributed by atoms with Gasteiger partial charge in [0, 0.05) is 33.1 Å². The second kappa shape index (κ2) is 5.87. The minimum absolute atomic E-state index is 0.278. The Morgan fingerprint density at radius 2 is 2.00 bits per heavy atom. The Morgan fingerprint density at radius 3 is 2.71 bits per heavy atom. The molecular weight excluding hydrogens is 356 g/mol. The van der Waals surface area contributed by atoms with Crippen molar-refractivity contribution in [1.82, 2.24) is 0 Å². The van der Waals surface area contributed by atoms with Crippen LogP contribution in [0.5, 0.6) is 11.5 Å². The van der Waals surface area contributed by atoms with Crippen LogP contribution in [0.3, 0.4) is 0 Å². The van der Waals surface area contributed by atoms with Crippen molar-refractivity contribution in [2.75, 3.05) is 7.11 Å². The molecule has 1 aliphatic heterocycles. The first-order chi connectivity index (χ1) is 10.1. The first kappa shape index (κ1) is 14.7. The zero-order chi connectivity index (χ0) is 15.0. The van der Waals surface area contributed by atoms with Crippen molar-refractivity contribution in [2.24, 2.45) is 0 Å². The van der Waals surface area contributed by atoms with Crippen molar-refractivity contribution in [3.63, 3.8) is 0 Å². The van der Waals surface area contributed by atoms with E-state index in [1.807, 2.05) is 30.3 Å². The number of halogens is 2. The third-order valence-electron chi connectivity index (χ3n) is 3.60. The summed E-state index contributed by atoms with van der Waals surface area (Å²) in [6.45, 7) is 0. The minimum atomic E-state index is -0.579. The van der Waals surface area contributed by atoms with Crippen molar-refractivity contribution in [3.05, 3.63) is 57.0 Å². The molecule has 1 heterocycles. The Hall–Kier alpha value is -1.23. The van der Waals surface area contributed by atoms with Gasteiger partial charge in [-0.1, -0.05) is 33.6 Å². The summed E-state index contributed by atoms with van der Waals surface area (Å²) in [7, 11) is 1.60. The molecule has 0 aliphatic carbocycles. The maximum Gasteiger partial charge on any atom is 0.129 e. The Balaban J connectivity index is 1.96. The van der Waals surface area contributed by atoms with Gasteiger partial charge in [0.1, 0.15) is 17.6 Å². The molecular formula is C16H14BrClO3. The molecule has 2 aromatic carbocycles. The topological polar surface area (TPSA) is 38.7 Å². The maximum atomic E-state index is 10.3. The number of methoxy groups -OCH3 is 1. The lowest BCUT2D eigenvalue weighted by Gasteiger charge is -2.30. The van der Waals surface area contributed by atoms with Gasteiger partial charge in [0.2, 0.25) is 0 Å². The van der Waals surface area contributed by atoms with Gasteiger partial charge in [-0.3, -0.25) is 0 Å². The summed E-state index contributed by atoms with van der Waals surface area (Å²) in [5.74, 6) is 1.33. The molecule has 0 fully saturated rings. The quantitative estimate of drug-likeness (QED) is 0.836. The minimum Gasteiger partial charge on any atom is -0.497 e. The number of fused-ring (bicyclic) bond motifs is 1. The van der Waals surface area contributed by atoms with E-state index < -0.39 is 6.10 Å². The van der Waals surface area contributed by atoms with Gasteiger partial charge in [0.15, 0.2) is 0 Å². The molecule has 3 rings (SSSR count). The van der Waals surface area contributed by atoms with Gasteiger partial charge in [0.25, 0.3) is 0 Å². The van der Waals surface area contributed by atoms with Gasteiger partial charge < -0.3 is 14.6 Å². The van der Waals surface area contributed by atoms with E-state index >= 15 is 0 Å². The average Bonchev–Trinajstić information content (AvgIpc) is 2.46. The van der Waals surface area contributed by atoms with Crippen LogP contribution in [-0.2, 0) is 0 Å². The number of ether oxygens (including phenoxy) is 2. The van der Waals surface area contributed by atoms with Gasteiger partial charge in [0.05, 0.1) is 13.2 Å². The molecule has 0 bridgehead atoms. The smallest absolute Gasteiger partial charge is 0.129 e. The predicted molar refractivity (Wildman–Crippen MR) is 85.1 cm³/mol. The highest BCUT2D eigenvalue weighted by Gasteiger charge is 2.29. The van der Waals surface area contributed by atoms with Gasteiger partial charge in [-0.2, -0.15) is 0 Å². The highest BCUT2D eigenvalue weighted by Crippen LogP contribution is 2.43. The fraction of sp³-hybridized carbons (Fsp3) is 0.250. The molecule has 110 valence electrons. The van der Waals surface area contributed by atoms with Crippen LogP contribution < -0.4 is 9.47 Å². The third-order valence-corrected chi connectivity index (χ3v) is 4.42. The molecule has 2 aromatic rings. The van der Waals surface area contributed by atoms with E-state index in [2.05, 4.69) is 15.9 Å². The van der Waals surface area contributed by atoms with E-state index in [1.165, 1.54) is 0 Å². The van der Waals surface area contributed by atoms with E-state index in [0.29, 0.717) is 22.9 Å². The lowest BCUT2D eigenvalue weighted by atomic mass is 9.95. The van der Waals surface area contributed by atoms with Crippen LogP contribution in [0.1, 0.15) is 29.8 Å². The number of aliphatic hydroxyl groups excluding tert-OH is 1. The van der Waals surface area contributed by atoms with E-state index in [-0.39, 0.29) is 6.10 Å². The van der Waals surface area contributed by atoms with Crippen molar-refractivity contribution in [2.45, 2.75) is 18.6 Å². The highest BCUT2D eigenvalue weighted by atomic mass is 79.9. The van der Waals surface area contributed by atoms with Crippen LogP contribution in [-0.4, -0.2) is 12.2 Å². The van der Waals surface area contributed by atoms with Gasteiger partial charge in [-0.15, -0.1) is 0 Å². The molecule has 21 heavy (non-hydrogen) atoms. The average molecular weight is 370 g/mol. The largest absolute Gasteiger partial charge is 0.497 e. The van der Waals surface area contributed by atoms with Crippen LogP contribution in [0.15, 0.2) is 40.9 Å². The molecule has 0 radical (unpaired) electrons. The van der Waals surface area contributed by atoms with Crippen molar-refractivity contribution < 1.29 is 14.6 Å². The molecule has 0 amide bonds. The van der Waals surface area contributed by atoms with Crippen molar-refractivity contribution >= 4 is 27.5 Å². The number of aliphatic hydroxyl groups is 1.